The number of rotatable bonds is 5. The van der Waals surface area contributed by atoms with Gasteiger partial charge in [-0.15, -0.1) is 0 Å². The van der Waals surface area contributed by atoms with Gasteiger partial charge in [-0.2, -0.15) is 0 Å². The molecule has 0 spiro atoms. The van der Waals surface area contributed by atoms with Gasteiger partial charge in [-0.25, -0.2) is 4.79 Å². The highest BCUT2D eigenvalue weighted by Crippen LogP contribution is 2.17. The molecule has 4 nitrogen and oxygen atoms in total. The van der Waals surface area contributed by atoms with Crippen molar-refractivity contribution in [3.05, 3.63) is 0 Å². The predicted octanol–water partition coefficient (Wildman–Crippen LogP) is 1.68. The third-order valence-electron chi connectivity index (χ3n) is 2.92. The Balaban J connectivity index is 2.32. The largest absolute Gasteiger partial charge is 0.392 e. The standard InChI is InChI=1S/C11H21N3OS/c1-2-5-9(10(12)16)14-11(15)13-8-6-3-4-7-8/h8-9H,2-7H2,1H3,(H2,12,16)(H2,13,14,15). The monoisotopic (exact) mass is 243 g/mol. The maximum absolute atomic E-state index is 11.7. The van der Waals surface area contributed by atoms with Gasteiger partial charge in [0.05, 0.1) is 11.0 Å². The molecule has 0 aromatic heterocycles. The van der Waals surface area contributed by atoms with Crippen LogP contribution in [0.15, 0.2) is 0 Å². The predicted molar refractivity (Wildman–Crippen MR) is 69.4 cm³/mol. The van der Waals surface area contributed by atoms with Crippen LogP contribution in [0.4, 0.5) is 4.79 Å². The summed E-state index contributed by atoms with van der Waals surface area (Å²) in [6, 6.07) is 0.00757. The summed E-state index contributed by atoms with van der Waals surface area (Å²) in [5.74, 6) is 0. The molecule has 0 aromatic carbocycles. The minimum atomic E-state index is -0.179. The van der Waals surface area contributed by atoms with Crippen LogP contribution in [0.5, 0.6) is 0 Å². The van der Waals surface area contributed by atoms with E-state index in [0.717, 1.165) is 25.7 Å². The summed E-state index contributed by atoms with van der Waals surface area (Å²) in [6.07, 6.45) is 6.33. The van der Waals surface area contributed by atoms with Gasteiger partial charge in [0.15, 0.2) is 0 Å². The Morgan fingerprint density at radius 1 is 1.50 bits per heavy atom. The molecular formula is C11H21N3OS. The van der Waals surface area contributed by atoms with Crippen LogP contribution in [0, 0.1) is 0 Å². The van der Waals surface area contributed by atoms with E-state index in [1.807, 2.05) is 6.92 Å². The second-order valence-corrected chi connectivity index (χ2v) is 4.81. The normalized spacial score (nSPS) is 18.1. The first-order valence-corrected chi connectivity index (χ1v) is 6.40. The Hall–Kier alpha value is -0.840. The lowest BCUT2D eigenvalue weighted by Gasteiger charge is -2.19. The zero-order valence-corrected chi connectivity index (χ0v) is 10.6. The van der Waals surface area contributed by atoms with Gasteiger partial charge in [-0.3, -0.25) is 0 Å². The average molecular weight is 243 g/mol. The fourth-order valence-corrected chi connectivity index (χ4v) is 2.21. The van der Waals surface area contributed by atoms with E-state index < -0.39 is 0 Å². The van der Waals surface area contributed by atoms with Gasteiger partial charge in [-0.1, -0.05) is 38.4 Å². The first kappa shape index (κ1) is 13.2. The van der Waals surface area contributed by atoms with Crippen LogP contribution in [0.3, 0.4) is 0 Å². The van der Waals surface area contributed by atoms with E-state index in [0.29, 0.717) is 11.0 Å². The molecule has 1 rings (SSSR count). The van der Waals surface area contributed by atoms with E-state index in [4.69, 9.17) is 18.0 Å². The first-order valence-electron chi connectivity index (χ1n) is 5.99. The lowest BCUT2D eigenvalue weighted by Crippen LogP contribution is -2.49. The van der Waals surface area contributed by atoms with Crippen molar-refractivity contribution in [1.82, 2.24) is 10.6 Å². The summed E-state index contributed by atoms with van der Waals surface area (Å²) in [7, 11) is 0. The molecule has 1 atom stereocenters. The van der Waals surface area contributed by atoms with Crippen molar-refractivity contribution in [2.45, 2.75) is 57.5 Å². The Labute approximate surface area is 102 Å². The summed E-state index contributed by atoms with van der Waals surface area (Å²) in [4.78, 5) is 12.0. The molecule has 1 aliphatic rings. The molecule has 1 unspecified atom stereocenters. The quantitative estimate of drug-likeness (QED) is 0.644. The van der Waals surface area contributed by atoms with Gasteiger partial charge in [-0.05, 0) is 19.3 Å². The number of carbonyl (C=O) groups is 1. The van der Waals surface area contributed by atoms with Crippen LogP contribution in [-0.4, -0.2) is 23.1 Å². The van der Waals surface area contributed by atoms with E-state index >= 15 is 0 Å². The van der Waals surface area contributed by atoms with Crippen molar-refractivity contribution < 1.29 is 4.79 Å². The molecular weight excluding hydrogens is 222 g/mol. The lowest BCUT2D eigenvalue weighted by molar-refractivity contribution is 0.235. The highest BCUT2D eigenvalue weighted by molar-refractivity contribution is 7.80. The Kier molecular flexibility index (Phi) is 5.52. The summed E-state index contributed by atoms with van der Waals surface area (Å²) < 4.78 is 0. The minimum Gasteiger partial charge on any atom is -0.392 e. The van der Waals surface area contributed by atoms with E-state index in [-0.39, 0.29) is 12.1 Å². The van der Waals surface area contributed by atoms with Crippen LogP contribution >= 0.6 is 12.2 Å². The maximum Gasteiger partial charge on any atom is 0.315 e. The Bertz CT molecular complexity index is 252. The van der Waals surface area contributed by atoms with Crippen molar-refractivity contribution in [2.75, 3.05) is 0 Å². The molecule has 4 N–H and O–H groups in total. The number of nitrogens with two attached hydrogens (primary N) is 1. The number of hydrogen-bond donors (Lipinski definition) is 3. The fraction of sp³-hybridized carbons (Fsp3) is 0.818. The molecule has 1 saturated carbocycles. The van der Waals surface area contributed by atoms with Crippen LogP contribution in [0.1, 0.15) is 45.4 Å². The third kappa shape index (κ3) is 4.35. The van der Waals surface area contributed by atoms with E-state index in [2.05, 4.69) is 10.6 Å². The number of hydrogen-bond acceptors (Lipinski definition) is 2. The van der Waals surface area contributed by atoms with Gasteiger partial charge < -0.3 is 16.4 Å². The summed E-state index contributed by atoms with van der Waals surface area (Å²) in [6.45, 7) is 2.04. The summed E-state index contributed by atoms with van der Waals surface area (Å²) in [5.41, 5.74) is 5.57. The Morgan fingerprint density at radius 2 is 2.12 bits per heavy atom. The number of carbonyl (C=O) groups excluding carboxylic acids is 1. The molecule has 1 aliphatic carbocycles. The number of urea groups is 1. The van der Waals surface area contributed by atoms with E-state index in [1.54, 1.807) is 0 Å². The zero-order valence-electron chi connectivity index (χ0n) is 9.79. The molecule has 0 bridgehead atoms. The fourth-order valence-electron chi connectivity index (χ4n) is 2.03. The van der Waals surface area contributed by atoms with E-state index in [9.17, 15) is 4.79 Å². The van der Waals surface area contributed by atoms with E-state index in [1.165, 1.54) is 12.8 Å². The zero-order chi connectivity index (χ0) is 12.0. The van der Waals surface area contributed by atoms with Gasteiger partial charge in [0.25, 0.3) is 0 Å². The van der Waals surface area contributed by atoms with Gasteiger partial charge in [0.1, 0.15) is 0 Å². The summed E-state index contributed by atoms with van der Waals surface area (Å²) in [5, 5.41) is 5.79. The molecule has 5 heteroatoms. The SMILES string of the molecule is CCCC(NC(=O)NC1CCCC1)C(N)=S. The molecule has 1 fully saturated rings. The minimum absolute atomic E-state index is 0.141. The second kappa shape index (κ2) is 6.68. The second-order valence-electron chi connectivity index (χ2n) is 4.34. The average Bonchev–Trinajstić information content (AvgIpc) is 2.69. The number of amides is 2. The van der Waals surface area contributed by atoms with Crippen LogP contribution in [-0.2, 0) is 0 Å². The van der Waals surface area contributed by atoms with Crippen LogP contribution < -0.4 is 16.4 Å². The van der Waals surface area contributed by atoms with Crippen molar-refractivity contribution in [1.29, 1.82) is 0 Å². The van der Waals surface area contributed by atoms with Gasteiger partial charge in [0, 0.05) is 6.04 Å². The molecule has 2 amide bonds. The van der Waals surface area contributed by atoms with Gasteiger partial charge in [0.2, 0.25) is 0 Å². The van der Waals surface area contributed by atoms with Crippen molar-refractivity contribution in [2.24, 2.45) is 5.73 Å². The molecule has 92 valence electrons. The third-order valence-corrected chi connectivity index (χ3v) is 3.20. The Morgan fingerprint density at radius 3 is 2.62 bits per heavy atom. The van der Waals surface area contributed by atoms with Crippen molar-refractivity contribution >= 4 is 23.2 Å². The van der Waals surface area contributed by atoms with Crippen LogP contribution in [0.2, 0.25) is 0 Å². The topological polar surface area (TPSA) is 67.2 Å². The highest BCUT2D eigenvalue weighted by atomic mass is 32.1. The van der Waals surface area contributed by atoms with Crippen molar-refractivity contribution in [3.63, 3.8) is 0 Å². The molecule has 0 heterocycles. The summed E-state index contributed by atoms with van der Waals surface area (Å²) >= 11 is 4.92. The number of thiocarbonyl (C=S) groups is 1. The van der Waals surface area contributed by atoms with Crippen molar-refractivity contribution in [3.8, 4) is 0 Å². The number of nitrogens with one attached hydrogen (secondary N) is 2. The molecule has 0 aliphatic heterocycles. The first-order chi connectivity index (χ1) is 7.63. The highest BCUT2D eigenvalue weighted by Gasteiger charge is 2.19. The molecule has 0 radical (unpaired) electrons. The molecule has 0 saturated heterocycles. The molecule has 16 heavy (non-hydrogen) atoms. The maximum atomic E-state index is 11.7. The smallest absolute Gasteiger partial charge is 0.315 e. The van der Waals surface area contributed by atoms with Crippen LogP contribution in [0.25, 0.3) is 0 Å². The molecule has 0 aromatic rings. The van der Waals surface area contributed by atoms with Gasteiger partial charge >= 0.3 is 6.03 Å². The lowest BCUT2D eigenvalue weighted by atomic mass is 10.2.